The number of carbonyl (C=O) groups is 1. The first-order valence-corrected chi connectivity index (χ1v) is 7.97. The zero-order valence-electron chi connectivity index (χ0n) is 14.5. The van der Waals surface area contributed by atoms with Gasteiger partial charge < -0.3 is 9.73 Å². The second kappa shape index (κ2) is 6.94. The lowest BCUT2D eigenvalue weighted by Crippen LogP contribution is -2.31. The van der Waals surface area contributed by atoms with E-state index in [1.54, 1.807) is 19.3 Å². The molecule has 0 saturated carbocycles. The summed E-state index contributed by atoms with van der Waals surface area (Å²) in [5.74, 6) is 0.652. The van der Waals surface area contributed by atoms with Crippen molar-refractivity contribution in [2.45, 2.75) is 53.5 Å². The first kappa shape index (κ1) is 17.2. The van der Waals surface area contributed by atoms with Gasteiger partial charge in [-0.3, -0.25) is 9.78 Å². The maximum Gasteiger partial charge on any atom is 0.289 e. The highest BCUT2D eigenvalue weighted by molar-refractivity contribution is 5.92. The molecule has 23 heavy (non-hydrogen) atoms. The van der Waals surface area contributed by atoms with E-state index in [1.807, 2.05) is 19.1 Å². The minimum Gasteiger partial charge on any atom is -0.435 e. The van der Waals surface area contributed by atoms with Crippen molar-refractivity contribution < 1.29 is 9.21 Å². The molecule has 0 saturated heterocycles. The lowest BCUT2D eigenvalue weighted by Gasteiger charge is -2.26. The molecule has 1 unspecified atom stereocenters. The molecule has 1 atom stereocenters. The Hall–Kier alpha value is -2.17. The van der Waals surface area contributed by atoms with E-state index < -0.39 is 0 Å². The number of carbonyl (C=O) groups excluding carboxylic acids is 1. The minimum absolute atomic E-state index is 0.0683. The van der Waals surface area contributed by atoms with E-state index in [0.717, 1.165) is 12.0 Å². The summed E-state index contributed by atoms with van der Waals surface area (Å²) in [5, 5.41) is 3.07. The highest BCUT2D eigenvalue weighted by Crippen LogP contribution is 2.29. The van der Waals surface area contributed by atoms with Crippen molar-refractivity contribution in [3.63, 3.8) is 0 Å². The fraction of sp³-hybridized carbons (Fsp3) is 0.500. The van der Waals surface area contributed by atoms with Gasteiger partial charge in [-0.15, -0.1) is 0 Å². The van der Waals surface area contributed by atoms with Crippen molar-refractivity contribution in [1.82, 2.24) is 15.3 Å². The summed E-state index contributed by atoms with van der Waals surface area (Å²) >= 11 is 0. The van der Waals surface area contributed by atoms with Crippen molar-refractivity contribution in [3.05, 3.63) is 47.4 Å². The third-order valence-electron chi connectivity index (χ3n) is 3.56. The number of oxazole rings is 1. The summed E-state index contributed by atoms with van der Waals surface area (Å²) in [6.07, 6.45) is 5.00. The summed E-state index contributed by atoms with van der Waals surface area (Å²) in [7, 11) is 0. The molecule has 2 heterocycles. The van der Waals surface area contributed by atoms with Crippen LogP contribution in [0.25, 0.3) is 0 Å². The monoisotopic (exact) mass is 315 g/mol. The summed E-state index contributed by atoms with van der Waals surface area (Å²) in [6, 6.07) is 3.74. The molecule has 0 radical (unpaired) electrons. The van der Waals surface area contributed by atoms with Crippen LogP contribution in [0.15, 0.2) is 28.9 Å². The zero-order valence-corrected chi connectivity index (χ0v) is 14.5. The summed E-state index contributed by atoms with van der Waals surface area (Å²) in [5.41, 5.74) is 1.68. The number of hydrogen-bond donors (Lipinski definition) is 1. The van der Waals surface area contributed by atoms with Gasteiger partial charge in [0.05, 0.1) is 11.7 Å². The average molecular weight is 315 g/mol. The molecule has 5 nitrogen and oxygen atoms in total. The molecule has 0 aliphatic heterocycles. The Balaban J connectivity index is 2.23. The lowest BCUT2D eigenvalue weighted by molar-refractivity contribution is 0.0895. The molecule has 2 aromatic heterocycles. The average Bonchev–Trinajstić information content (AvgIpc) is 2.87. The number of amides is 1. The maximum atomic E-state index is 12.6. The van der Waals surface area contributed by atoms with Crippen molar-refractivity contribution >= 4 is 5.91 Å². The van der Waals surface area contributed by atoms with Crippen LogP contribution >= 0.6 is 0 Å². The largest absolute Gasteiger partial charge is 0.435 e. The molecule has 0 aliphatic rings. The van der Waals surface area contributed by atoms with Gasteiger partial charge in [0.25, 0.3) is 5.91 Å². The number of pyridine rings is 1. The van der Waals surface area contributed by atoms with Crippen LogP contribution in [-0.2, 0) is 6.42 Å². The number of rotatable bonds is 5. The predicted octanol–water partition coefficient (Wildman–Crippen LogP) is 3.85. The van der Waals surface area contributed by atoms with E-state index in [-0.39, 0.29) is 17.4 Å². The van der Waals surface area contributed by atoms with Gasteiger partial charge in [0.15, 0.2) is 5.89 Å². The fourth-order valence-corrected chi connectivity index (χ4v) is 2.48. The first-order valence-electron chi connectivity index (χ1n) is 7.97. The van der Waals surface area contributed by atoms with Crippen LogP contribution < -0.4 is 5.32 Å². The van der Waals surface area contributed by atoms with Gasteiger partial charge in [0.1, 0.15) is 0 Å². The van der Waals surface area contributed by atoms with Gasteiger partial charge in [-0.2, -0.15) is 0 Å². The van der Waals surface area contributed by atoms with E-state index in [1.165, 1.54) is 0 Å². The predicted molar refractivity (Wildman–Crippen MR) is 89.1 cm³/mol. The Morgan fingerprint density at radius 3 is 2.65 bits per heavy atom. The SMILES string of the molecule is CCc1nc(C)c(C(=O)NC(CC(C)(C)C)c2cccnc2)o1. The van der Waals surface area contributed by atoms with E-state index in [0.29, 0.717) is 23.8 Å². The molecule has 0 bridgehead atoms. The second-order valence-corrected chi connectivity index (χ2v) is 6.95. The van der Waals surface area contributed by atoms with Gasteiger partial charge in [-0.05, 0) is 30.4 Å². The molecule has 0 aliphatic carbocycles. The number of nitrogens with one attached hydrogen (secondary N) is 1. The molecule has 0 fully saturated rings. The van der Waals surface area contributed by atoms with Crippen molar-refractivity contribution in [2.75, 3.05) is 0 Å². The number of aromatic nitrogens is 2. The molecule has 124 valence electrons. The fourth-order valence-electron chi connectivity index (χ4n) is 2.48. The van der Waals surface area contributed by atoms with Crippen molar-refractivity contribution in [3.8, 4) is 0 Å². The van der Waals surface area contributed by atoms with Crippen molar-refractivity contribution in [2.24, 2.45) is 5.41 Å². The smallest absolute Gasteiger partial charge is 0.289 e. The highest BCUT2D eigenvalue weighted by Gasteiger charge is 2.25. The minimum atomic E-state index is -0.229. The molecule has 2 rings (SSSR count). The first-order chi connectivity index (χ1) is 10.8. The molecule has 5 heteroatoms. The van der Waals surface area contributed by atoms with Gasteiger partial charge >= 0.3 is 0 Å². The zero-order chi connectivity index (χ0) is 17.0. The maximum absolute atomic E-state index is 12.6. The van der Waals surface area contributed by atoms with Gasteiger partial charge in [-0.1, -0.05) is 33.8 Å². The summed E-state index contributed by atoms with van der Waals surface area (Å²) < 4.78 is 5.55. The van der Waals surface area contributed by atoms with Crippen LogP contribution in [0, 0.1) is 12.3 Å². The Bertz CT molecular complexity index is 657. The van der Waals surface area contributed by atoms with Crippen molar-refractivity contribution in [1.29, 1.82) is 0 Å². The van der Waals surface area contributed by atoms with Crippen LogP contribution in [0.1, 0.15) is 67.9 Å². The van der Waals surface area contributed by atoms with Gasteiger partial charge in [0.2, 0.25) is 5.76 Å². The Labute approximate surface area is 137 Å². The highest BCUT2D eigenvalue weighted by atomic mass is 16.4. The van der Waals surface area contributed by atoms with E-state index in [4.69, 9.17) is 4.42 Å². The number of nitrogens with zero attached hydrogens (tertiary/aromatic N) is 2. The van der Waals surface area contributed by atoms with E-state index in [2.05, 4.69) is 36.1 Å². The van der Waals surface area contributed by atoms with Crippen LogP contribution in [0.2, 0.25) is 0 Å². The molecular weight excluding hydrogens is 290 g/mol. The number of hydrogen-bond acceptors (Lipinski definition) is 4. The van der Waals surface area contributed by atoms with E-state index >= 15 is 0 Å². The quantitative estimate of drug-likeness (QED) is 0.910. The van der Waals surface area contributed by atoms with Crippen LogP contribution in [0.3, 0.4) is 0 Å². The van der Waals surface area contributed by atoms with Crippen LogP contribution in [0.5, 0.6) is 0 Å². The van der Waals surface area contributed by atoms with Crippen LogP contribution in [-0.4, -0.2) is 15.9 Å². The molecule has 0 spiro atoms. The van der Waals surface area contributed by atoms with Crippen LogP contribution in [0.4, 0.5) is 0 Å². The Kier molecular flexibility index (Phi) is 5.19. The molecule has 2 aromatic rings. The Morgan fingerprint density at radius 2 is 2.13 bits per heavy atom. The summed E-state index contributed by atoms with van der Waals surface area (Å²) in [4.78, 5) is 21.0. The molecule has 0 aromatic carbocycles. The second-order valence-electron chi connectivity index (χ2n) is 6.95. The third kappa shape index (κ3) is 4.65. The normalized spacial score (nSPS) is 12.9. The topological polar surface area (TPSA) is 68.0 Å². The molecule has 1 N–H and O–H groups in total. The Morgan fingerprint density at radius 1 is 1.39 bits per heavy atom. The standard InChI is InChI=1S/C18H25N3O2/c1-6-15-20-12(2)16(23-15)17(22)21-14(10-18(3,4)5)13-8-7-9-19-11-13/h7-9,11,14H,6,10H2,1-5H3,(H,21,22). The molecular formula is C18H25N3O2. The summed E-state index contributed by atoms with van der Waals surface area (Å²) in [6.45, 7) is 10.2. The van der Waals surface area contributed by atoms with Gasteiger partial charge in [-0.25, -0.2) is 4.98 Å². The number of aryl methyl sites for hydroxylation is 2. The van der Waals surface area contributed by atoms with Gasteiger partial charge in [0, 0.05) is 18.8 Å². The van der Waals surface area contributed by atoms with E-state index in [9.17, 15) is 4.79 Å². The molecule has 1 amide bonds. The third-order valence-corrected chi connectivity index (χ3v) is 3.56. The lowest BCUT2D eigenvalue weighted by atomic mass is 9.86.